The van der Waals surface area contributed by atoms with E-state index in [-0.39, 0.29) is 5.54 Å². The third-order valence-electron chi connectivity index (χ3n) is 3.25. The Balaban J connectivity index is 3.09. The van der Waals surface area contributed by atoms with Crippen LogP contribution in [0.25, 0.3) is 0 Å². The van der Waals surface area contributed by atoms with Crippen LogP contribution < -0.4 is 11.1 Å². The topological polar surface area (TPSA) is 61.8 Å². The Morgan fingerprint density at radius 2 is 2.06 bits per heavy atom. The Kier molecular flexibility index (Phi) is 4.80. The summed E-state index contributed by atoms with van der Waals surface area (Å²) in [6, 6.07) is 7.36. The lowest BCUT2D eigenvalue weighted by molar-refractivity contribution is 0.445. The van der Waals surface area contributed by atoms with Gasteiger partial charge in [-0.15, -0.1) is 0 Å². The van der Waals surface area contributed by atoms with Crippen molar-refractivity contribution >= 4 is 17.3 Å². The highest BCUT2D eigenvalue weighted by Crippen LogP contribution is 2.26. The molecule has 1 aromatic carbocycles. The fourth-order valence-electron chi connectivity index (χ4n) is 1.77. The second-order valence-corrected chi connectivity index (χ2v) is 4.55. The van der Waals surface area contributed by atoms with E-state index < -0.39 is 0 Å². The van der Waals surface area contributed by atoms with Crippen molar-refractivity contribution in [2.75, 3.05) is 11.9 Å². The molecule has 0 saturated carbocycles. The average Bonchev–Trinajstić information content (AvgIpc) is 2.36. The van der Waals surface area contributed by atoms with Gasteiger partial charge < -0.3 is 11.1 Å². The van der Waals surface area contributed by atoms with Crippen LogP contribution in [0.15, 0.2) is 18.2 Å². The molecular weight excluding hydrogens is 234 g/mol. The van der Waals surface area contributed by atoms with Crippen LogP contribution in [-0.4, -0.2) is 12.1 Å². The summed E-state index contributed by atoms with van der Waals surface area (Å²) in [4.78, 5) is 0. The first-order chi connectivity index (χ1) is 8.10. The molecule has 3 nitrogen and oxygen atoms in total. The lowest BCUT2D eigenvalue weighted by Gasteiger charge is -2.33. The van der Waals surface area contributed by atoms with Gasteiger partial charge >= 0.3 is 0 Å². The summed E-state index contributed by atoms with van der Waals surface area (Å²) in [6.45, 7) is 4.69. The highest BCUT2D eigenvalue weighted by atomic mass is 35.5. The first-order valence-electron chi connectivity index (χ1n) is 5.78. The smallest absolute Gasteiger partial charge is 0.101 e. The van der Waals surface area contributed by atoms with Crippen molar-refractivity contribution in [2.45, 2.75) is 32.2 Å². The largest absolute Gasteiger partial charge is 0.377 e. The molecule has 0 amide bonds. The molecule has 0 aromatic heterocycles. The third-order valence-corrected chi connectivity index (χ3v) is 3.48. The van der Waals surface area contributed by atoms with E-state index in [0.717, 1.165) is 18.5 Å². The van der Waals surface area contributed by atoms with Gasteiger partial charge in [0.15, 0.2) is 0 Å². The minimum absolute atomic E-state index is 0.170. The van der Waals surface area contributed by atoms with Gasteiger partial charge in [0, 0.05) is 17.1 Å². The molecule has 4 heteroatoms. The van der Waals surface area contributed by atoms with E-state index in [9.17, 15) is 0 Å². The summed E-state index contributed by atoms with van der Waals surface area (Å²) < 4.78 is 0. The molecular formula is C13H18ClN3. The van der Waals surface area contributed by atoms with E-state index >= 15 is 0 Å². The van der Waals surface area contributed by atoms with Crippen molar-refractivity contribution in [1.82, 2.24) is 0 Å². The SMILES string of the molecule is CCC(CC)(CN)Nc1cc(Cl)ccc1C#N. The van der Waals surface area contributed by atoms with Gasteiger partial charge in [-0.1, -0.05) is 25.4 Å². The van der Waals surface area contributed by atoms with Crippen molar-refractivity contribution in [1.29, 1.82) is 5.26 Å². The van der Waals surface area contributed by atoms with Crippen molar-refractivity contribution in [3.63, 3.8) is 0 Å². The normalized spacial score (nSPS) is 11.0. The molecule has 1 rings (SSSR count). The number of nitrogens with zero attached hydrogens (tertiary/aromatic N) is 1. The maximum absolute atomic E-state index is 9.06. The zero-order valence-electron chi connectivity index (χ0n) is 10.3. The number of anilines is 1. The first kappa shape index (κ1) is 13.8. The number of benzene rings is 1. The van der Waals surface area contributed by atoms with Crippen LogP contribution in [-0.2, 0) is 0 Å². The molecule has 3 N–H and O–H groups in total. The number of nitrogens with two attached hydrogens (primary N) is 1. The Hall–Kier alpha value is -1.24. The van der Waals surface area contributed by atoms with Gasteiger partial charge in [-0.3, -0.25) is 0 Å². The van der Waals surface area contributed by atoms with Crippen LogP contribution in [0.1, 0.15) is 32.3 Å². The van der Waals surface area contributed by atoms with Crippen molar-refractivity contribution in [2.24, 2.45) is 5.73 Å². The summed E-state index contributed by atoms with van der Waals surface area (Å²) in [5.74, 6) is 0. The molecule has 0 radical (unpaired) electrons. The molecule has 17 heavy (non-hydrogen) atoms. The number of rotatable bonds is 5. The highest BCUT2D eigenvalue weighted by molar-refractivity contribution is 6.30. The van der Waals surface area contributed by atoms with Crippen LogP contribution in [0.2, 0.25) is 5.02 Å². The van der Waals surface area contributed by atoms with Gasteiger partial charge in [0.25, 0.3) is 0 Å². The second kappa shape index (κ2) is 5.90. The maximum Gasteiger partial charge on any atom is 0.101 e. The van der Waals surface area contributed by atoms with Gasteiger partial charge in [-0.05, 0) is 31.0 Å². The number of halogens is 1. The molecule has 0 atom stereocenters. The molecule has 0 fully saturated rings. The molecule has 0 heterocycles. The number of hydrogen-bond donors (Lipinski definition) is 2. The summed E-state index contributed by atoms with van der Waals surface area (Å²) in [5.41, 5.74) is 7.01. The van der Waals surface area contributed by atoms with E-state index in [0.29, 0.717) is 17.1 Å². The zero-order chi connectivity index (χ0) is 12.9. The molecule has 0 saturated heterocycles. The summed E-state index contributed by atoms with van der Waals surface area (Å²) >= 11 is 5.95. The summed E-state index contributed by atoms with van der Waals surface area (Å²) in [7, 11) is 0. The molecule has 0 aliphatic rings. The van der Waals surface area contributed by atoms with Gasteiger partial charge in [-0.25, -0.2) is 0 Å². The fraction of sp³-hybridized carbons (Fsp3) is 0.462. The summed E-state index contributed by atoms with van der Waals surface area (Å²) in [6.07, 6.45) is 1.80. The van der Waals surface area contributed by atoms with Crippen molar-refractivity contribution in [3.8, 4) is 6.07 Å². The van der Waals surface area contributed by atoms with Gasteiger partial charge in [0.1, 0.15) is 6.07 Å². The lowest BCUT2D eigenvalue weighted by Crippen LogP contribution is -2.44. The molecule has 0 bridgehead atoms. The van der Waals surface area contributed by atoms with Crippen LogP contribution in [0.3, 0.4) is 0 Å². The third kappa shape index (κ3) is 3.12. The van der Waals surface area contributed by atoms with Crippen molar-refractivity contribution < 1.29 is 0 Å². The molecule has 0 unspecified atom stereocenters. The Morgan fingerprint density at radius 3 is 2.53 bits per heavy atom. The number of nitrogens with one attached hydrogen (secondary N) is 1. The standard InChI is InChI=1S/C13H18ClN3/c1-3-13(4-2,9-16)17-12-7-11(14)6-5-10(12)8-15/h5-7,17H,3-4,9,16H2,1-2H3. The molecule has 0 spiro atoms. The van der Waals surface area contributed by atoms with Gasteiger partial charge in [0.2, 0.25) is 0 Å². The first-order valence-corrected chi connectivity index (χ1v) is 6.16. The fourth-order valence-corrected chi connectivity index (χ4v) is 1.94. The minimum Gasteiger partial charge on any atom is -0.377 e. The highest BCUT2D eigenvalue weighted by Gasteiger charge is 2.24. The maximum atomic E-state index is 9.06. The van der Waals surface area contributed by atoms with Gasteiger partial charge in [0.05, 0.1) is 11.3 Å². The second-order valence-electron chi connectivity index (χ2n) is 4.12. The van der Waals surface area contributed by atoms with Crippen LogP contribution >= 0.6 is 11.6 Å². The number of hydrogen-bond acceptors (Lipinski definition) is 3. The Bertz CT molecular complexity index is 411. The van der Waals surface area contributed by atoms with Gasteiger partial charge in [-0.2, -0.15) is 5.26 Å². The molecule has 0 aliphatic carbocycles. The minimum atomic E-state index is -0.170. The predicted octanol–water partition coefficient (Wildman–Crippen LogP) is 3.14. The van der Waals surface area contributed by atoms with Crippen LogP contribution in [0, 0.1) is 11.3 Å². The molecule has 1 aromatic rings. The van der Waals surface area contributed by atoms with Crippen LogP contribution in [0.4, 0.5) is 5.69 Å². The Labute approximate surface area is 108 Å². The van der Waals surface area contributed by atoms with E-state index in [1.807, 2.05) is 0 Å². The average molecular weight is 252 g/mol. The lowest BCUT2D eigenvalue weighted by atomic mass is 9.92. The number of nitriles is 1. The quantitative estimate of drug-likeness (QED) is 0.845. The predicted molar refractivity (Wildman–Crippen MR) is 72.2 cm³/mol. The van der Waals surface area contributed by atoms with E-state index in [1.54, 1.807) is 18.2 Å². The van der Waals surface area contributed by atoms with E-state index in [1.165, 1.54) is 0 Å². The van der Waals surface area contributed by atoms with Crippen molar-refractivity contribution in [3.05, 3.63) is 28.8 Å². The zero-order valence-corrected chi connectivity index (χ0v) is 11.0. The van der Waals surface area contributed by atoms with E-state index in [4.69, 9.17) is 22.6 Å². The molecule has 92 valence electrons. The summed E-state index contributed by atoms with van der Waals surface area (Å²) in [5, 5.41) is 13.0. The monoisotopic (exact) mass is 251 g/mol. The Morgan fingerprint density at radius 1 is 1.41 bits per heavy atom. The van der Waals surface area contributed by atoms with Crippen LogP contribution in [0.5, 0.6) is 0 Å². The molecule has 0 aliphatic heterocycles. The van der Waals surface area contributed by atoms with E-state index in [2.05, 4.69) is 25.2 Å².